The second kappa shape index (κ2) is 4.22. The van der Waals surface area contributed by atoms with Gasteiger partial charge in [0, 0.05) is 11.3 Å². The van der Waals surface area contributed by atoms with Crippen molar-refractivity contribution >= 4 is 5.78 Å². The van der Waals surface area contributed by atoms with Gasteiger partial charge in [-0.2, -0.15) is 0 Å². The molecule has 0 saturated heterocycles. The minimum atomic E-state index is 0.0349. The lowest BCUT2D eigenvalue weighted by Gasteiger charge is -2.42. The highest BCUT2D eigenvalue weighted by Crippen LogP contribution is 2.48. The van der Waals surface area contributed by atoms with E-state index in [0.717, 1.165) is 25.0 Å². The van der Waals surface area contributed by atoms with Crippen LogP contribution in [0.2, 0.25) is 0 Å². The summed E-state index contributed by atoms with van der Waals surface area (Å²) < 4.78 is 5.32. The van der Waals surface area contributed by atoms with Gasteiger partial charge in [-0.1, -0.05) is 25.5 Å². The molecule has 0 aliphatic heterocycles. The predicted molar refractivity (Wildman–Crippen MR) is 75.5 cm³/mol. The first-order valence-electron chi connectivity index (χ1n) is 6.97. The molecule has 1 aromatic rings. The van der Waals surface area contributed by atoms with Crippen LogP contribution in [0.5, 0.6) is 5.75 Å². The van der Waals surface area contributed by atoms with E-state index in [1.54, 1.807) is 7.11 Å². The van der Waals surface area contributed by atoms with Crippen molar-refractivity contribution in [1.82, 2.24) is 0 Å². The number of fused-ring (bicyclic) bond motifs is 3. The van der Waals surface area contributed by atoms with Crippen LogP contribution >= 0.6 is 0 Å². The van der Waals surface area contributed by atoms with Crippen LogP contribution in [0.1, 0.15) is 37.8 Å². The van der Waals surface area contributed by atoms with Gasteiger partial charge in [0.1, 0.15) is 5.75 Å². The number of methoxy groups -OCH3 is 1. The Morgan fingerprint density at radius 1 is 1.32 bits per heavy atom. The van der Waals surface area contributed by atoms with Crippen LogP contribution in [0, 0.1) is 5.92 Å². The molecule has 0 fully saturated rings. The monoisotopic (exact) mass is 256 g/mol. The first kappa shape index (κ1) is 12.5. The Kier molecular flexibility index (Phi) is 2.77. The van der Waals surface area contributed by atoms with Crippen molar-refractivity contribution in [3.8, 4) is 5.75 Å². The predicted octanol–water partition coefficient (Wildman–Crippen LogP) is 3.43. The number of hydrogen-bond donors (Lipinski definition) is 0. The van der Waals surface area contributed by atoms with Crippen LogP contribution in [0.25, 0.3) is 0 Å². The summed E-state index contributed by atoms with van der Waals surface area (Å²) in [7, 11) is 1.71. The number of aryl methyl sites for hydroxylation is 1. The molecule has 0 radical (unpaired) electrons. The van der Waals surface area contributed by atoms with E-state index in [1.165, 1.54) is 16.7 Å². The summed E-state index contributed by atoms with van der Waals surface area (Å²) in [4.78, 5) is 11.9. The van der Waals surface area contributed by atoms with Crippen molar-refractivity contribution in [3.63, 3.8) is 0 Å². The molecule has 0 saturated carbocycles. The average Bonchev–Trinajstić information content (AvgIpc) is 2.40. The number of ketones is 1. The van der Waals surface area contributed by atoms with Crippen molar-refractivity contribution in [1.29, 1.82) is 0 Å². The normalized spacial score (nSPS) is 29.3. The Bertz CT molecular complexity index is 571. The largest absolute Gasteiger partial charge is 0.497 e. The number of allylic oxidation sites excluding steroid dienone is 2. The molecule has 0 N–H and O–H groups in total. The molecule has 0 bridgehead atoms. The molecule has 2 nitrogen and oxygen atoms in total. The smallest absolute Gasteiger partial charge is 0.158 e. The van der Waals surface area contributed by atoms with Gasteiger partial charge in [-0.05, 0) is 48.6 Å². The van der Waals surface area contributed by atoms with E-state index >= 15 is 0 Å². The standard InChI is InChI=1S/C17H20O2/c1-11-10-17(2)13(9-16(11)18)5-4-12-8-14(19-3)6-7-15(12)17/h6-9,11H,4-5,10H2,1-3H3. The van der Waals surface area contributed by atoms with Crippen LogP contribution < -0.4 is 4.74 Å². The van der Waals surface area contributed by atoms with E-state index < -0.39 is 0 Å². The maximum atomic E-state index is 11.9. The molecule has 0 heterocycles. The summed E-state index contributed by atoms with van der Waals surface area (Å²) in [5.74, 6) is 1.35. The molecular formula is C17H20O2. The lowest BCUT2D eigenvalue weighted by molar-refractivity contribution is -0.118. The Morgan fingerprint density at radius 2 is 2.11 bits per heavy atom. The van der Waals surface area contributed by atoms with E-state index in [9.17, 15) is 4.79 Å². The molecule has 0 spiro atoms. The van der Waals surface area contributed by atoms with Crippen molar-refractivity contribution < 1.29 is 9.53 Å². The average molecular weight is 256 g/mol. The number of carbonyl (C=O) groups is 1. The van der Waals surface area contributed by atoms with Gasteiger partial charge < -0.3 is 4.74 Å². The summed E-state index contributed by atoms with van der Waals surface area (Å²) in [5.41, 5.74) is 4.10. The molecule has 1 aromatic carbocycles. The zero-order chi connectivity index (χ0) is 13.6. The maximum Gasteiger partial charge on any atom is 0.158 e. The Hall–Kier alpha value is -1.57. The van der Waals surface area contributed by atoms with Crippen molar-refractivity contribution in [2.45, 2.75) is 38.5 Å². The van der Waals surface area contributed by atoms with Crippen molar-refractivity contribution in [3.05, 3.63) is 41.0 Å². The summed E-state index contributed by atoms with van der Waals surface area (Å²) >= 11 is 0. The molecule has 2 aliphatic rings. The molecule has 2 heteroatoms. The molecule has 0 aromatic heterocycles. The second-order valence-corrected chi connectivity index (χ2v) is 6.03. The highest BCUT2D eigenvalue weighted by Gasteiger charge is 2.41. The van der Waals surface area contributed by atoms with Gasteiger partial charge in [0.25, 0.3) is 0 Å². The molecular weight excluding hydrogens is 236 g/mol. The van der Waals surface area contributed by atoms with Crippen LogP contribution in [-0.4, -0.2) is 12.9 Å². The van der Waals surface area contributed by atoms with Crippen molar-refractivity contribution in [2.75, 3.05) is 7.11 Å². The quantitative estimate of drug-likeness (QED) is 0.769. The molecule has 3 rings (SSSR count). The second-order valence-electron chi connectivity index (χ2n) is 6.03. The Balaban J connectivity index is 2.13. The zero-order valence-electron chi connectivity index (χ0n) is 11.8. The van der Waals surface area contributed by atoms with Crippen LogP contribution in [0.4, 0.5) is 0 Å². The fraction of sp³-hybridized carbons (Fsp3) is 0.471. The minimum Gasteiger partial charge on any atom is -0.497 e. The highest BCUT2D eigenvalue weighted by molar-refractivity contribution is 5.94. The van der Waals surface area contributed by atoms with E-state index in [1.807, 2.05) is 19.1 Å². The Morgan fingerprint density at radius 3 is 2.84 bits per heavy atom. The molecule has 2 atom stereocenters. The van der Waals surface area contributed by atoms with E-state index in [0.29, 0.717) is 5.78 Å². The summed E-state index contributed by atoms with van der Waals surface area (Å²) in [6.07, 6.45) is 4.84. The zero-order valence-corrected chi connectivity index (χ0v) is 11.8. The topological polar surface area (TPSA) is 26.3 Å². The fourth-order valence-electron chi connectivity index (χ4n) is 3.66. The van der Waals surface area contributed by atoms with Gasteiger partial charge in [0.15, 0.2) is 5.78 Å². The van der Waals surface area contributed by atoms with Crippen LogP contribution in [0.15, 0.2) is 29.8 Å². The third kappa shape index (κ3) is 1.81. The van der Waals surface area contributed by atoms with Gasteiger partial charge in [-0.3, -0.25) is 4.79 Å². The SMILES string of the molecule is COc1ccc2c(c1)CCC1=CC(=O)C(C)CC12C. The molecule has 19 heavy (non-hydrogen) atoms. The molecule has 2 aliphatic carbocycles. The number of benzene rings is 1. The van der Waals surface area contributed by atoms with Gasteiger partial charge in [-0.25, -0.2) is 0 Å². The summed E-state index contributed by atoms with van der Waals surface area (Å²) in [6.45, 7) is 4.32. The van der Waals surface area contributed by atoms with Gasteiger partial charge in [0.2, 0.25) is 0 Å². The van der Waals surface area contributed by atoms with Gasteiger partial charge in [-0.15, -0.1) is 0 Å². The van der Waals surface area contributed by atoms with E-state index in [4.69, 9.17) is 4.74 Å². The van der Waals surface area contributed by atoms with Crippen LogP contribution in [-0.2, 0) is 16.6 Å². The third-order valence-electron chi connectivity index (χ3n) is 4.80. The van der Waals surface area contributed by atoms with E-state index in [2.05, 4.69) is 19.1 Å². The lowest BCUT2D eigenvalue weighted by atomic mass is 9.61. The van der Waals surface area contributed by atoms with Crippen LogP contribution in [0.3, 0.4) is 0 Å². The molecule has 2 unspecified atom stereocenters. The third-order valence-corrected chi connectivity index (χ3v) is 4.80. The number of rotatable bonds is 1. The first-order valence-corrected chi connectivity index (χ1v) is 6.97. The van der Waals surface area contributed by atoms with Crippen molar-refractivity contribution in [2.24, 2.45) is 5.92 Å². The Labute approximate surface area is 114 Å². The fourth-order valence-corrected chi connectivity index (χ4v) is 3.66. The molecule has 0 amide bonds. The number of ether oxygens (including phenoxy) is 1. The summed E-state index contributed by atoms with van der Waals surface area (Å²) in [6, 6.07) is 6.37. The molecule has 100 valence electrons. The lowest BCUT2D eigenvalue weighted by Crippen LogP contribution is -2.37. The minimum absolute atomic E-state index is 0.0349. The maximum absolute atomic E-state index is 11.9. The first-order chi connectivity index (χ1) is 9.04. The highest BCUT2D eigenvalue weighted by atomic mass is 16.5. The van der Waals surface area contributed by atoms with Gasteiger partial charge >= 0.3 is 0 Å². The van der Waals surface area contributed by atoms with Gasteiger partial charge in [0.05, 0.1) is 7.11 Å². The summed E-state index contributed by atoms with van der Waals surface area (Å²) in [5, 5.41) is 0. The van der Waals surface area contributed by atoms with E-state index in [-0.39, 0.29) is 11.3 Å². The number of carbonyl (C=O) groups excluding carboxylic acids is 1. The number of hydrogen-bond acceptors (Lipinski definition) is 2.